The topological polar surface area (TPSA) is 91.8 Å². The highest BCUT2D eigenvalue weighted by Gasteiger charge is 2.24. The van der Waals surface area contributed by atoms with Gasteiger partial charge in [0, 0.05) is 36.1 Å². The maximum atomic E-state index is 13.2. The van der Waals surface area contributed by atoms with Crippen LogP contribution in [-0.4, -0.2) is 33.6 Å². The number of thiophene rings is 1. The van der Waals surface area contributed by atoms with Crippen LogP contribution >= 0.6 is 11.3 Å². The molecule has 0 aliphatic rings. The average molecular weight is 420 g/mol. The van der Waals surface area contributed by atoms with E-state index in [4.69, 9.17) is 0 Å². The van der Waals surface area contributed by atoms with Crippen molar-refractivity contribution in [2.75, 3.05) is 12.4 Å². The Balaban J connectivity index is 1.76. The lowest BCUT2D eigenvalue weighted by molar-refractivity contribution is 0.0963. The molecule has 3 heterocycles. The van der Waals surface area contributed by atoms with Crippen molar-refractivity contribution in [1.82, 2.24) is 20.1 Å². The van der Waals surface area contributed by atoms with E-state index in [1.54, 1.807) is 6.92 Å². The number of aromatic amines is 1. The van der Waals surface area contributed by atoms with E-state index < -0.39 is 0 Å². The summed E-state index contributed by atoms with van der Waals surface area (Å²) in [6.45, 7) is 3.78. The number of rotatable bonds is 5. The third kappa shape index (κ3) is 3.53. The minimum atomic E-state index is -0.321. The van der Waals surface area contributed by atoms with Crippen LogP contribution in [0.2, 0.25) is 0 Å². The first-order valence-corrected chi connectivity index (χ1v) is 10.3. The summed E-state index contributed by atoms with van der Waals surface area (Å²) >= 11 is 1.36. The molecule has 7 nitrogen and oxygen atoms in total. The SMILES string of the molecule is CNC(=O)c1c(NC(=O)c2scc(-c3ccc(C)cc3)c2-n2cccc2)n[nH]c1C. The van der Waals surface area contributed by atoms with Crippen molar-refractivity contribution >= 4 is 29.0 Å². The van der Waals surface area contributed by atoms with Crippen LogP contribution in [0.1, 0.15) is 31.3 Å². The van der Waals surface area contributed by atoms with Gasteiger partial charge in [0.15, 0.2) is 5.82 Å². The molecule has 4 rings (SSSR count). The van der Waals surface area contributed by atoms with Crippen LogP contribution in [0, 0.1) is 13.8 Å². The van der Waals surface area contributed by atoms with E-state index in [0.717, 1.165) is 16.8 Å². The zero-order valence-electron chi connectivity index (χ0n) is 16.8. The zero-order valence-corrected chi connectivity index (χ0v) is 17.6. The van der Waals surface area contributed by atoms with E-state index in [2.05, 4.69) is 20.8 Å². The Kier molecular flexibility index (Phi) is 5.24. The van der Waals surface area contributed by atoms with Crippen molar-refractivity contribution in [3.63, 3.8) is 0 Å². The molecule has 0 fully saturated rings. The predicted molar refractivity (Wildman–Crippen MR) is 118 cm³/mol. The molecule has 2 amide bonds. The van der Waals surface area contributed by atoms with Crippen LogP contribution in [0.5, 0.6) is 0 Å². The molecule has 4 aromatic rings. The molecule has 0 unspecified atom stereocenters. The van der Waals surface area contributed by atoms with Crippen molar-refractivity contribution in [1.29, 1.82) is 0 Å². The fourth-order valence-corrected chi connectivity index (χ4v) is 4.25. The number of carbonyl (C=O) groups is 2. The summed E-state index contributed by atoms with van der Waals surface area (Å²) in [4.78, 5) is 25.9. The highest BCUT2D eigenvalue weighted by Crippen LogP contribution is 2.35. The van der Waals surface area contributed by atoms with Crippen LogP contribution in [0.4, 0.5) is 5.82 Å². The third-order valence-corrected chi connectivity index (χ3v) is 5.80. The fraction of sp³-hybridized carbons (Fsp3) is 0.136. The number of benzene rings is 1. The Morgan fingerprint density at radius 1 is 1.07 bits per heavy atom. The van der Waals surface area contributed by atoms with Crippen molar-refractivity contribution < 1.29 is 9.59 Å². The van der Waals surface area contributed by atoms with Gasteiger partial charge in [0.05, 0.1) is 5.69 Å². The van der Waals surface area contributed by atoms with Gasteiger partial charge in [-0.15, -0.1) is 11.3 Å². The maximum absolute atomic E-state index is 13.2. The first kappa shape index (κ1) is 19.7. The molecule has 0 aliphatic carbocycles. The van der Waals surface area contributed by atoms with Gasteiger partial charge in [-0.3, -0.25) is 14.7 Å². The zero-order chi connectivity index (χ0) is 21.3. The number of nitrogens with zero attached hydrogens (tertiary/aromatic N) is 2. The van der Waals surface area contributed by atoms with Crippen LogP contribution in [-0.2, 0) is 0 Å². The summed E-state index contributed by atoms with van der Waals surface area (Å²) in [7, 11) is 1.54. The van der Waals surface area contributed by atoms with Crippen molar-refractivity contribution in [3.05, 3.63) is 75.9 Å². The Morgan fingerprint density at radius 2 is 1.77 bits per heavy atom. The van der Waals surface area contributed by atoms with Gasteiger partial charge in [0.25, 0.3) is 11.8 Å². The Labute approximate surface area is 177 Å². The molecule has 0 aliphatic heterocycles. The second kappa shape index (κ2) is 8.00. The van der Waals surface area contributed by atoms with E-state index in [9.17, 15) is 9.59 Å². The summed E-state index contributed by atoms with van der Waals surface area (Å²) < 4.78 is 1.93. The summed E-state index contributed by atoms with van der Waals surface area (Å²) in [5, 5.41) is 14.2. The summed E-state index contributed by atoms with van der Waals surface area (Å²) in [5.74, 6) is -0.423. The van der Waals surface area contributed by atoms with Gasteiger partial charge >= 0.3 is 0 Å². The molecule has 0 spiro atoms. The molecule has 3 N–H and O–H groups in total. The standard InChI is InChI=1S/C22H21N5O2S/c1-13-6-8-15(9-7-13)16-12-30-19(18(16)27-10-4-5-11-27)22(29)24-20-17(21(28)23-3)14(2)25-26-20/h4-12H,1-3H3,(H,23,28)(H2,24,25,26,29). The number of carbonyl (C=O) groups excluding carboxylic acids is 2. The van der Waals surface area contributed by atoms with E-state index in [0.29, 0.717) is 16.1 Å². The van der Waals surface area contributed by atoms with Crippen LogP contribution in [0.3, 0.4) is 0 Å². The molecule has 30 heavy (non-hydrogen) atoms. The van der Waals surface area contributed by atoms with Gasteiger partial charge in [-0.2, -0.15) is 5.10 Å². The van der Waals surface area contributed by atoms with Crippen molar-refractivity contribution in [2.24, 2.45) is 0 Å². The van der Waals surface area contributed by atoms with Gasteiger partial charge in [0.2, 0.25) is 0 Å². The third-order valence-electron chi connectivity index (χ3n) is 4.83. The quantitative estimate of drug-likeness (QED) is 0.454. The molecule has 0 saturated carbocycles. The molecule has 8 heteroatoms. The molecule has 3 aromatic heterocycles. The lowest BCUT2D eigenvalue weighted by Gasteiger charge is -2.10. The number of hydrogen-bond acceptors (Lipinski definition) is 4. The lowest BCUT2D eigenvalue weighted by atomic mass is 10.0. The minimum absolute atomic E-state index is 0.209. The average Bonchev–Trinajstić information content (AvgIpc) is 3.47. The normalized spacial score (nSPS) is 10.8. The van der Waals surface area contributed by atoms with E-state index in [-0.39, 0.29) is 17.6 Å². The number of anilines is 1. The minimum Gasteiger partial charge on any atom is -0.355 e. The smallest absolute Gasteiger partial charge is 0.269 e. The molecular weight excluding hydrogens is 398 g/mol. The summed E-state index contributed by atoms with van der Waals surface area (Å²) in [6, 6.07) is 12.0. The van der Waals surface area contributed by atoms with E-state index >= 15 is 0 Å². The van der Waals surface area contributed by atoms with Crippen molar-refractivity contribution in [2.45, 2.75) is 13.8 Å². The Morgan fingerprint density at radius 3 is 2.43 bits per heavy atom. The number of H-pyrrole nitrogens is 1. The largest absolute Gasteiger partial charge is 0.355 e. The predicted octanol–water partition coefficient (Wildman–Crippen LogP) is 4.16. The molecule has 1 aromatic carbocycles. The van der Waals surface area contributed by atoms with Gasteiger partial charge in [-0.1, -0.05) is 29.8 Å². The maximum Gasteiger partial charge on any atom is 0.269 e. The lowest BCUT2D eigenvalue weighted by Crippen LogP contribution is -2.21. The second-order valence-corrected chi connectivity index (χ2v) is 7.77. The number of aromatic nitrogens is 3. The summed E-state index contributed by atoms with van der Waals surface area (Å²) in [5.41, 5.74) is 4.86. The number of aryl methyl sites for hydroxylation is 2. The molecule has 0 atom stereocenters. The number of nitrogens with one attached hydrogen (secondary N) is 3. The van der Waals surface area contributed by atoms with Crippen molar-refractivity contribution in [3.8, 4) is 16.8 Å². The second-order valence-electron chi connectivity index (χ2n) is 6.89. The van der Waals surface area contributed by atoms with Gasteiger partial charge in [-0.25, -0.2) is 0 Å². The van der Waals surface area contributed by atoms with Crippen LogP contribution < -0.4 is 10.6 Å². The summed E-state index contributed by atoms with van der Waals surface area (Å²) in [6.07, 6.45) is 3.82. The number of amides is 2. The van der Waals surface area contributed by atoms with E-state index in [1.807, 2.05) is 65.7 Å². The molecule has 0 bridgehead atoms. The molecular formula is C22H21N5O2S. The monoisotopic (exact) mass is 419 g/mol. The molecule has 152 valence electrons. The van der Waals surface area contributed by atoms with E-state index in [1.165, 1.54) is 23.9 Å². The van der Waals surface area contributed by atoms with Crippen LogP contribution in [0.25, 0.3) is 16.8 Å². The molecule has 0 radical (unpaired) electrons. The first-order chi connectivity index (χ1) is 14.5. The highest BCUT2D eigenvalue weighted by molar-refractivity contribution is 7.13. The Bertz CT molecular complexity index is 1200. The van der Waals surface area contributed by atoms with Gasteiger partial charge in [-0.05, 0) is 31.5 Å². The highest BCUT2D eigenvalue weighted by atomic mass is 32.1. The van der Waals surface area contributed by atoms with Gasteiger partial charge in [0.1, 0.15) is 10.4 Å². The van der Waals surface area contributed by atoms with Crippen LogP contribution in [0.15, 0.2) is 54.2 Å². The fourth-order valence-electron chi connectivity index (χ4n) is 3.28. The number of hydrogen-bond donors (Lipinski definition) is 3. The Hall–Kier alpha value is -3.65. The first-order valence-electron chi connectivity index (χ1n) is 9.40. The molecule has 0 saturated heterocycles. The van der Waals surface area contributed by atoms with Gasteiger partial charge < -0.3 is 15.2 Å².